The number of hydrogen-bond donors (Lipinski definition) is 1. The third-order valence-electron chi connectivity index (χ3n) is 2.57. The van der Waals surface area contributed by atoms with E-state index in [-0.39, 0.29) is 5.69 Å². The van der Waals surface area contributed by atoms with Gasteiger partial charge in [0.05, 0.1) is 18.5 Å². The number of aryl methyl sites for hydroxylation is 1. The van der Waals surface area contributed by atoms with Crippen molar-refractivity contribution in [3.63, 3.8) is 0 Å². The molecule has 0 radical (unpaired) electrons. The van der Waals surface area contributed by atoms with Gasteiger partial charge in [-0.25, -0.2) is 9.78 Å². The summed E-state index contributed by atoms with van der Waals surface area (Å²) >= 11 is 6.11. The molecular weight excluding hydrogens is 256 g/mol. The lowest BCUT2D eigenvalue weighted by atomic mass is 10.1. The minimum absolute atomic E-state index is 0.0991. The van der Waals surface area contributed by atoms with Crippen LogP contribution in [0.5, 0.6) is 5.75 Å². The first-order chi connectivity index (χ1) is 8.54. The summed E-state index contributed by atoms with van der Waals surface area (Å²) in [5.41, 5.74) is 1.01. The highest BCUT2D eigenvalue weighted by molar-refractivity contribution is 6.33. The average Bonchev–Trinajstić information content (AvgIpc) is 2.70. The fourth-order valence-corrected chi connectivity index (χ4v) is 1.95. The first-order valence-electron chi connectivity index (χ1n) is 5.13. The Morgan fingerprint density at radius 3 is 2.78 bits per heavy atom. The Kier molecular flexibility index (Phi) is 3.25. The van der Waals surface area contributed by atoms with Crippen molar-refractivity contribution >= 4 is 17.6 Å². The van der Waals surface area contributed by atoms with Gasteiger partial charge in [0, 0.05) is 12.6 Å². The minimum Gasteiger partial charge on any atom is -0.497 e. The third-order valence-corrected chi connectivity index (χ3v) is 2.88. The monoisotopic (exact) mass is 266 g/mol. The predicted molar refractivity (Wildman–Crippen MR) is 67.2 cm³/mol. The lowest BCUT2D eigenvalue weighted by molar-refractivity contribution is 0.0687. The normalized spacial score (nSPS) is 10.4. The van der Waals surface area contributed by atoms with Gasteiger partial charge >= 0.3 is 5.97 Å². The fourth-order valence-electron chi connectivity index (χ4n) is 1.69. The van der Waals surface area contributed by atoms with E-state index in [2.05, 4.69) is 4.98 Å². The van der Waals surface area contributed by atoms with Crippen LogP contribution >= 0.6 is 11.6 Å². The highest BCUT2D eigenvalue weighted by Crippen LogP contribution is 2.32. The zero-order valence-corrected chi connectivity index (χ0v) is 10.6. The maximum atomic E-state index is 11.2. The molecule has 0 saturated heterocycles. The van der Waals surface area contributed by atoms with Crippen LogP contribution in [-0.2, 0) is 7.05 Å². The number of carbonyl (C=O) groups is 1. The van der Waals surface area contributed by atoms with Crippen molar-refractivity contribution in [2.75, 3.05) is 7.11 Å². The quantitative estimate of drug-likeness (QED) is 0.927. The predicted octanol–water partition coefficient (Wildman–Crippen LogP) is 2.45. The van der Waals surface area contributed by atoms with Gasteiger partial charge < -0.3 is 14.4 Å². The smallest absolute Gasteiger partial charge is 0.354 e. The Morgan fingerprint density at radius 1 is 1.50 bits per heavy atom. The van der Waals surface area contributed by atoms with Crippen molar-refractivity contribution in [3.05, 3.63) is 35.2 Å². The van der Waals surface area contributed by atoms with Gasteiger partial charge in [0.1, 0.15) is 11.4 Å². The number of rotatable bonds is 3. The third kappa shape index (κ3) is 2.04. The van der Waals surface area contributed by atoms with E-state index in [4.69, 9.17) is 21.4 Å². The van der Waals surface area contributed by atoms with Crippen LogP contribution in [-0.4, -0.2) is 27.7 Å². The summed E-state index contributed by atoms with van der Waals surface area (Å²) in [4.78, 5) is 15.3. The van der Waals surface area contributed by atoms with E-state index in [9.17, 15) is 4.79 Å². The Morgan fingerprint density at radius 2 is 2.22 bits per heavy atom. The van der Waals surface area contributed by atoms with Crippen molar-refractivity contribution in [2.24, 2.45) is 7.05 Å². The molecule has 5 nitrogen and oxygen atoms in total. The minimum atomic E-state index is -1.04. The zero-order valence-electron chi connectivity index (χ0n) is 9.85. The number of methoxy groups -OCH3 is 1. The molecule has 0 spiro atoms. The highest BCUT2D eigenvalue weighted by Gasteiger charge is 2.19. The molecule has 0 aliphatic carbocycles. The number of carboxylic acid groups (broad SMARTS) is 1. The van der Waals surface area contributed by atoms with E-state index in [0.29, 0.717) is 22.0 Å². The van der Waals surface area contributed by atoms with Crippen LogP contribution in [0.2, 0.25) is 5.02 Å². The van der Waals surface area contributed by atoms with E-state index in [1.165, 1.54) is 18.0 Å². The number of halogens is 1. The van der Waals surface area contributed by atoms with Gasteiger partial charge in [-0.3, -0.25) is 0 Å². The number of imidazole rings is 1. The van der Waals surface area contributed by atoms with E-state index >= 15 is 0 Å². The number of carboxylic acids is 1. The molecule has 6 heteroatoms. The van der Waals surface area contributed by atoms with Crippen molar-refractivity contribution < 1.29 is 14.6 Å². The van der Waals surface area contributed by atoms with Crippen LogP contribution in [0.15, 0.2) is 24.5 Å². The average molecular weight is 267 g/mol. The van der Waals surface area contributed by atoms with Gasteiger partial charge in [0.25, 0.3) is 0 Å². The lowest BCUT2D eigenvalue weighted by Gasteiger charge is -2.06. The standard InChI is InChI=1S/C12H11ClN2O3/c1-15-6-14-10(11(15)12(16)17)8-4-3-7(18-2)5-9(8)13/h3-6H,1-2H3,(H,16,17). The van der Waals surface area contributed by atoms with Gasteiger partial charge in [0.15, 0.2) is 5.69 Å². The van der Waals surface area contributed by atoms with Crippen LogP contribution < -0.4 is 4.74 Å². The molecule has 1 N–H and O–H groups in total. The molecule has 0 saturated carbocycles. The molecule has 0 aliphatic rings. The molecule has 0 fully saturated rings. The van der Waals surface area contributed by atoms with Crippen LogP contribution in [0, 0.1) is 0 Å². The van der Waals surface area contributed by atoms with Crippen LogP contribution in [0.25, 0.3) is 11.3 Å². The molecule has 0 aliphatic heterocycles. The molecule has 0 bridgehead atoms. The van der Waals surface area contributed by atoms with Gasteiger partial charge in [-0.15, -0.1) is 0 Å². The summed E-state index contributed by atoms with van der Waals surface area (Å²) < 4.78 is 6.49. The summed E-state index contributed by atoms with van der Waals surface area (Å²) in [5, 5.41) is 9.56. The SMILES string of the molecule is COc1ccc(-c2ncn(C)c2C(=O)O)c(Cl)c1. The molecule has 0 unspecified atom stereocenters. The topological polar surface area (TPSA) is 64.4 Å². The van der Waals surface area contributed by atoms with Gasteiger partial charge in [-0.05, 0) is 18.2 Å². The highest BCUT2D eigenvalue weighted by atomic mass is 35.5. The molecule has 0 atom stereocenters. The number of nitrogens with zero attached hydrogens (tertiary/aromatic N) is 2. The van der Waals surface area contributed by atoms with Crippen molar-refractivity contribution in [1.82, 2.24) is 9.55 Å². The molecule has 2 aromatic rings. The van der Waals surface area contributed by atoms with Crippen molar-refractivity contribution in [1.29, 1.82) is 0 Å². The van der Waals surface area contributed by atoms with Crippen LogP contribution in [0.1, 0.15) is 10.5 Å². The summed E-state index contributed by atoms with van der Waals surface area (Å²) in [6.45, 7) is 0. The van der Waals surface area contributed by atoms with Crippen LogP contribution in [0.4, 0.5) is 0 Å². The Balaban J connectivity index is 2.59. The molecule has 94 valence electrons. The molecular formula is C12H11ClN2O3. The zero-order chi connectivity index (χ0) is 13.3. The molecule has 0 amide bonds. The molecule has 1 aromatic carbocycles. The molecule has 2 rings (SSSR count). The largest absolute Gasteiger partial charge is 0.497 e. The number of aromatic carboxylic acids is 1. The lowest BCUT2D eigenvalue weighted by Crippen LogP contribution is -2.05. The first-order valence-corrected chi connectivity index (χ1v) is 5.51. The Labute approximate surface area is 109 Å². The second kappa shape index (κ2) is 4.70. The Hall–Kier alpha value is -2.01. The maximum Gasteiger partial charge on any atom is 0.354 e. The molecule has 18 heavy (non-hydrogen) atoms. The second-order valence-electron chi connectivity index (χ2n) is 3.70. The number of ether oxygens (including phenoxy) is 1. The van der Waals surface area contributed by atoms with E-state index in [1.807, 2.05) is 0 Å². The second-order valence-corrected chi connectivity index (χ2v) is 4.11. The summed E-state index contributed by atoms with van der Waals surface area (Å²) in [5.74, 6) is -0.437. The van der Waals surface area contributed by atoms with E-state index < -0.39 is 5.97 Å². The van der Waals surface area contributed by atoms with E-state index in [1.54, 1.807) is 25.2 Å². The van der Waals surface area contributed by atoms with Gasteiger partial charge in [0.2, 0.25) is 0 Å². The molecule has 1 aromatic heterocycles. The summed E-state index contributed by atoms with van der Waals surface area (Å²) in [6, 6.07) is 5.02. The number of aromatic nitrogens is 2. The van der Waals surface area contributed by atoms with Crippen molar-refractivity contribution in [2.45, 2.75) is 0 Å². The first kappa shape index (κ1) is 12.4. The number of hydrogen-bond acceptors (Lipinski definition) is 3. The van der Waals surface area contributed by atoms with Crippen LogP contribution in [0.3, 0.4) is 0 Å². The summed E-state index contributed by atoms with van der Waals surface area (Å²) in [6.07, 6.45) is 1.44. The van der Waals surface area contributed by atoms with Gasteiger partial charge in [-0.2, -0.15) is 0 Å². The summed E-state index contributed by atoms with van der Waals surface area (Å²) in [7, 11) is 3.16. The van der Waals surface area contributed by atoms with E-state index in [0.717, 1.165) is 0 Å². The van der Waals surface area contributed by atoms with Crippen molar-refractivity contribution in [3.8, 4) is 17.0 Å². The maximum absolute atomic E-state index is 11.2. The fraction of sp³-hybridized carbons (Fsp3) is 0.167. The number of benzene rings is 1. The Bertz CT molecular complexity index is 607. The van der Waals surface area contributed by atoms with Gasteiger partial charge in [-0.1, -0.05) is 11.6 Å². The molecule has 1 heterocycles.